The van der Waals surface area contributed by atoms with Crippen molar-refractivity contribution in [2.45, 2.75) is 29.8 Å². The molecule has 2 saturated heterocycles. The Morgan fingerprint density at radius 2 is 2.00 bits per heavy atom. The average molecular weight is 484 g/mol. The van der Waals surface area contributed by atoms with Crippen molar-refractivity contribution < 1.29 is 18.4 Å². The second kappa shape index (κ2) is 11.4. The molecule has 2 aliphatic rings. The van der Waals surface area contributed by atoms with Gasteiger partial charge in [-0.25, -0.2) is 13.6 Å². The normalized spacial score (nSPS) is 21.8. The molecule has 0 aliphatic carbocycles. The molecule has 13 heteroatoms. The van der Waals surface area contributed by atoms with Crippen molar-refractivity contribution in [1.82, 2.24) is 15.2 Å². The first-order valence-electron chi connectivity index (χ1n) is 10.4. The van der Waals surface area contributed by atoms with Gasteiger partial charge in [-0.1, -0.05) is 0 Å². The fourth-order valence-corrected chi connectivity index (χ4v) is 5.44. The summed E-state index contributed by atoms with van der Waals surface area (Å²) < 4.78 is 22.6. The second-order valence-corrected chi connectivity index (χ2v) is 10.5. The van der Waals surface area contributed by atoms with Gasteiger partial charge in [0.05, 0.1) is 24.1 Å². The van der Waals surface area contributed by atoms with Crippen LogP contribution in [0.25, 0.3) is 0 Å². The van der Waals surface area contributed by atoms with E-state index in [1.807, 2.05) is 4.90 Å². The summed E-state index contributed by atoms with van der Waals surface area (Å²) in [5.74, 6) is 1.44. The molecule has 0 aromatic heterocycles. The van der Waals surface area contributed by atoms with Gasteiger partial charge in [-0.05, 0) is 24.3 Å². The van der Waals surface area contributed by atoms with E-state index < -0.39 is 10.0 Å². The van der Waals surface area contributed by atoms with E-state index in [1.54, 1.807) is 11.8 Å². The van der Waals surface area contributed by atoms with E-state index in [-0.39, 0.29) is 34.6 Å². The predicted molar refractivity (Wildman–Crippen MR) is 122 cm³/mol. The number of likely N-dealkylation sites (tertiary alicyclic amines) is 1. The van der Waals surface area contributed by atoms with E-state index in [0.29, 0.717) is 44.7 Å². The number of hydroxylamine groups is 1. The summed E-state index contributed by atoms with van der Waals surface area (Å²) in [7, 11) is -3.77. The van der Waals surface area contributed by atoms with Crippen LogP contribution in [0.4, 0.5) is 5.69 Å². The van der Waals surface area contributed by atoms with E-state index in [0.717, 1.165) is 11.6 Å². The Labute approximate surface area is 192 Å². The van der Waals surface area contributed by atoms with Crippen molar-refractivity contribution in [3.63, 3.8) is 0 Å². The van der Waals surface area contributed by atoms with Crippen molar-refractivity contribution in [2.75, 3.05) is 49.7 Å². The molecular weight excluding hydrogens is 454 g/mol. The number of nitrogens with zero attached hydrogens (tertiary/aromatic N) is 3. The number of rotatable bonds is 9. The highest BCUT2D eigenvalue weighted by molar-refractivity contribution is 7.99. The first-order chi connectivity index (χ1) is 15.3. The summed E-state index contributed by atoms with van der Waals surface area (Å²) in [6.07, 6.45) is 1.37. The Morgan fingerprint density at radius 1 is 1.31 bits per heavy atom. The van der Waals surface area contributed by atoms with Crippen LogP contribution in [-0.2, 0) is 14.8 Å². The maximum absolute atomic E-state index is 12.4. The number of thioether (sulfide) groups is 1. The van der Waals surface area contributed by atoms with Crippen molar-refractivity contribution in [1.29, 1.82) is 5.26 Å². The number of nitriles is 1. The summed E-state index contributed by atoms with van der Waals surface area (Å²) in [5, 5.41) is 29.4. The third-order valence-corrected chi connectivity index (χ3v) is 7.61. The number of anilines is 1. The second-order valence-electron chi connectivity index (χ2n) is 7.92. The number of carbonyl (C=O) groups excluding carboxylic acids is 1. The largest absolute Gasteiger partial charge is 0.613 e. The molecule has 1 aromatic carbocycles. The van der Waals surface area contributed by atoms with Crippen LogP contribution in [-0.4, -0.2) is 80.6 Å². The van der Waals surface area contributed by atoms with Crippen LogP contribution in [0.2, 0.25) is 0 Å². The molecule has 32 heavy (non-hydrogen) atoms. The van der Waals surface area contributed by atoms with Crippen LogP contribution in [0.15, 0.2) is 29.2 Å². The van der Waals surface area contributed by atoms with Crippen LogP contribution in [0.5, 0.6) is 0 Å². The SMILES string of the molecule is N#CC1CSCN1CCN[NH+]([O-])C1CCN(CC(=O)Nc2ccc(S(N)(=O)=O)cc2)CC1. The van der Waals surface area contributed by atoms with Crippen LogP contribution in [0, 0.1) is 16.5 Å². The van der Waals surface area contributed by atoms with Gasteiger partial charge in [0.15, 0.2) is 0 Å². The number of amides is 1. The van der Waals surface area contributed by atoms with Crippen LogP contribution < -0.4 is 21.1 Å². The lowest BCUT2D eigenvalue weighted by Gasteiger charge is -2.37. The zero-order chi connectivity index (χ0) is 23.1. The van der Waals surface area contributed by atoms with E-state index >= 15 is 0 Å². The molecule has 1 amide bonds. The zero-order valence-electron chi connectivity index (χ0n) is 17.7. The highest BCUT2D eigenvalue weighted by Crippen LogP contribution is 2.19. The Morgan fingerprint density at radius 3 is 2.62 bits per heavy atom. The maximum Gasteiger partial charge on any atom is 0.238 e. The van der Waals surface area contributed by atoms with Crippen molar-refractivity contribution >= 4 is 33.4 Å². The van der Waals surface area contributed by atoms with Gasteiger partial charge in [0, 0.05) is 49.8 Å². The molecule has 0 bridgehead atoms. The number of hydrogen-bond donors (Lipinski definition) is 4. The summed E-state index contributed by atoms with van der Waals surface area (Å²) >= 11 is 1.73. The minimum atomic E-state index is -3.77. The van der Waals surface area contributed by atoms with Gasteiger partial charge in [0.25, 0.3) is 0 Å². The molecule has 0 saturated carbocycles. The highest BCUT2D eigenvalue weighted by Gasteiger charge is 2.27. The van der Waals surface area contributed by atoms with E-state index in [1.165, 1.54) is 24.3 Å². The average Bonchev–Trinajstić information content (AvgIpc) is 3.21. The smallest absolute Gasteiger partial charge is 0.238 e. The molecule has 2 atom stereocenters. The molecule has 11 nitrogen and oxygen atoms in total. The number of piperidine rings is 1. The molecule has 2 unspecified atom stereocenters. The number of quaternary nitrogens is 1. The summed E-state index contributed by atoms with van der Waals surface area (Å²) in [4.78, 5) is 16.4. The van der Waals surface area contributed by atoms with Gasteiger partial charge < -0.3 is 10.5 Å². The molecule has 2 aliphatic heterocycles. The number of nitrogens with one attached hydrogen (secondary N) is 3. The van der Waals surface area contributed by atoms with Crippen LogP contribution >= 0.6 is 11.8 Å². The molecule has 1 aromatic rings. The first kappa shape index (κ1) is 24.9. The van der Waals surface area contributed by atoms with Crippen molar-refractivity contribution in [3.8, 4) is 6.07 Å². The van der Waals surface area contributed by atoms with Crippen LogP contribution in [0.3, 0.4) is 0 Å². The van der Waals surface area contributed by atoms with Gasteiger partial charge in [-0.2, -0.15) is 10.7 Å². The Hall–Kier alpha value is -1.76. The third-order valence-electron chi connectivity index (χ3n) is 5.61. The summed E-state index contributed by atoms with van der Waals surface area (Å²) in [6, 6.07) is 7.82. The number of benzene rings is 1. The van der Waals surface area contributed by atoms with Crippen molar-refractivity contribution in [2.24, 2.45) is 5.14 Å². The van der Waals surface area contributed by atoms with Gasteiger partial charge >= 0.3 is 0 Å². The molecule has 0 radical (unpaired) electrons. The summed E-state index contributed by atoms with van der Waals surface area (Å²) in [6.45, 7) is 2.70. The molecule has 5 N–H and O–H groups in total. The molecular formula is C19H29N7O4S2. The predicted octanol–water partition coefficient (Wildman–Crippen LogP) is -1.48. The lowest BCUT2D eigenvalue weighted by Crippen LogP contribution is -3.18. The molecule has 3 rings (SSSR count). The van der Waals surface area contributed by atoms with Gasteiger partial charge in [-0.3, -0.25) is 19.8 Å². The maximum atomic E-state index is 12.4. The fourth-order valence-electron chi connectivity index (χ4n) is 3.77. The summed E-state index contributed by atoms with van der Waals surface area (Å²) in [5.41, 5.74) is 3.47. The lowest BCUT2D eigenvalue weighted by molar-refractivity contribution is -0.923. The number of nitrogens with two attached hydrogens (primary N) is 1. The number of carbonyl (C=O) groups is 1. The zero-order valence-corrected chi connectivity index (χ0v) is 19.3. The number of primary sulfonamides is 1. The van der Waals surface area contributed by atoms with E-state index in [2.05, 4.69) is 21.7 Å². The molecule has 2 fully saturated rings. The molecule has 0 spiro atoms. The van der Waals surface area contributed by atoms with Gasteiger partial charge in [0.2, 0.25) is 15.9 Å². The van der Waals surface area contributed by atoms with E-state index in [4.69, 9.17) is 10.4 Å². The first-order valence-corrected chi connectivity index (χ1v) is 13.1. The minimum absolute atomic E-state index is 0.0138. The molecule has 176 valence electrons. The van der Waals surface area contributed by atoms with Gasteiger partial charge in [0.1, 0.15) is 12.1 Å². The Kier molecular flexibility index (Phi) is 8.86. The lowest BCUT2D eigenvalue weighted by atomic mass is 10.1. The topological polar surface area (TPSA) is 159 Å². The standard InChI is InChI=1S/C19H29N7O4S2/c20-11-17-13-31-14-25(17)10-7-22-26(28)16-5-8-24(9-6-16)12-19(27)23-15-1-3-18(4-2-15)32(21,29)30/h1-4,16-17,22,26H,5-10,12-14H2,(H,23,27)(H2,21,29,30). The third kappa shape index (κ3) is 7.12. The Bertz CT molecular complexity index is 915. The van der Waals surface area contributed by atoms with E-state index in [9.17, 15) is 18.4 Å². The van der Waals surface area contributed by atoms with Gasteiger partial charge in [-0.15, -0.1) is 11.8 Å². The fraction of sp³-hybridized carbons (Fsp3) is 0.579. The quantitative estimate of drug-likeness (QED) is 0.307. The number of hydrogen-bond acceptors (Lipinski definition) is 9. The number of sulfonamides is 1. The highest BCUT2D eigenvalue weighted by atomic mass is 32.2. The van der Waals surface area contributed by atoms with Crippen LogP contribution in [0.1, 0.15) is 12.8 Å². The molecule has 2 heterocycles. The Balaban J connectivity index is 1.35. The van der Waals surface area contributed by atoms with Crippen molar-refractivity contribution in [3.05, 3.63) is 29.5 Å². The minimum Gasteiger partial charge on any atom is -0.613 e. The monoisotopic (exact) mass is 483 g/mol.